The van der Waals surface area contributed by atoms with Gasteiger partial charge in [0.05, 0.1) is 16.2 Å². The normalized spacial score (nSPS) is 11.5. The van der Waals surface area contributed by atoms with Gasteiger partial charge in [-0.2, -0.15) is 0 Å². The lowest BCUT2D eigenvalue weighted by Gasteiger charge is -2.16. The van der Waals surface area contributed by atoms with Crippen LogP contribution < -0.4 is 10.6 Å². The van der Waals surface area contributed by atoms with Gasteiger partial charge in [0.15, 0.2) is 0 Å². The van der Waals surface area contributed by atoms with Gasteiger partial charge in [0, 0.05) is 18.7 Å². The Bertz CT molecular complexity index is 544. The Morgan fingerprint density at radius 1 is 1.45 bits per heavy atom. The van der Waals surface area contributed by atoms with Crippen LogP contribution >= 0.6 is 0 Å². The number of rotatable bonds is 6. The molecule has 3 N–H and O–H groups in total. The lowest BCUT2D eigenvalue weighted by molar-refractivity contribution is -0.384. The van der Waals surface area contributed by atoms with Crippen molar-refractivity contribution in [2.45, 2.75) is 19.9 Å². The van der Waals surface area contributed by atoms with Crippen LogP contribution in [0.5, 0.6) is 0 Å². The van der Waals surface area contributed by atoms with Gasteiger partial charge in [0.25, 0.3) is 5.69 Å². The molecule has 0 radical (unpaired) electrons. The lowest BCUT2D eigenvalue weighted by atomic mass is 10.1. The molecule has 0 aliphatic rings. The number of carboxylic acid groups (broad SMARTS) is 1. The number of aromatic carboxylic acids is 1. The van der Waals surface area contributed by atoms with Crippen LogP contribution in [0.15, 0.2) is 18.2 Å². The first kappa shape index (κ1) is 15.4. The molecule has 8 nitrogen and oxygen atoms in total. The molecule has 8 heteroatoms. The molecule has 1 aromatic carbocycles. The van der Waals surface area contributed by atoms with Gasteiger partial charge in [-0.05, 0) is 19.9 Å². The molecule has 0 saturated heterocycles. The molecule has 0 fully saturated rings. The number of hydrogen-bond acceptors (Lipinski definition) is 5. The third kappa shape index (κ3) is 3.67. The first-order valence-electron chi connectivity index (χ1n) is 5.92. The fraction of sp³-hybridized carbons (Fsp3) is 0.333. The number of carbonyl (C=O) groups excluding carboxylic acids is 1. The van der Waals surface area contributed by atoms with Crippen LogP contribution in [0, 0.1) is 10.1 Å². The van der Waals surface area contributed by atoms with Gasteiger partial charge >= 0.3 is 5.97 Å². The Labute approximate surface area is 114 Å². The van der Waals surface area contributed by atoms with Crippen LogP contribution in [-0.2, 0) is 4.79 Å². The standard InChI is InChI=1S/C12H15N3O5/c1-3-13-11(16)7(2)14-10-6-8(15(19)20)4-5-9(10)12(17)18/h4-7,14H,3H2,1-2H3,(H,13,16)(H,17,18). The number of carboxylic acids is 1. The van der Waals surface area contributed by atoms with E-state index in [0.717, 1.165) is 18.2 Å². The van der Waals surface area contributed by atoms with Crippen molar-refractivity contribution in [2.24, 2.45) is 0 Å². The summed E-state index contributed by atoms with van der Waals surface area (Å²) in [5.41, 5.74) is -0.349. The minimum atomic E-state index is -1.23. The number of likely N-dealkylation sites (N-methyl/N-ethyl adjacent to an activating group) is 1. The smallest absolute Gasteiger partial charge is 0.337 e. The van der Waals surface area contributed by atoms with Gasteiger partial charge in [-0.1, -0.05) is 0 Å². The highest BCUT2D eigenvalue weighted by molar-refractivity contribution is 5.96. The van der Waals surface area contributed by atoms with Crippen LogP contribution in [0.3, 0.4) is 0 Å². The number of nitro benzene ring substituents is 1. The van der Waals surface area contributed by atoms with Crippen molar-refractivity contribution >= 4 is 23.3 Å². The average molecular weight is 281 g/mol. The van der Waals surface area contributed by atoms with Gasteiger partial charge in [0.1, 0.15) is 6.04 Å². The summed E-state index contributed by atoms with van der Waals surface area (Å²) >= 11 is 0. The Morgan fingerprint density at radius 2 is 2.10 bits per heavy atom. The number of carbonyl (C=O) groups is 2. The van der Waals surface area contributed by atoms with Crippen molar-refractivity contribution in [1.29, 1.82) is 0 Å². The Hall–Kier alpha value is -2.64. The maximum Gasteiger partial charge on any atom is 0.337 e. The minimum Gasteiger partial charge on any atom is -0.478 e. The van der Waals surface area contributed by atoms with E-state index < -0.39 is 16.9 Å². The molecule has 0 aliphatic heterocycles. The molecule has 0 aliphatic carbocycles. The van der Waals surface area contributed by atoms with Crippen molar-refractivity contribution in [3.63, 3.8) is 0 Å². The highest BCUT2D eigenvalue weighted by Gasteiger charge is 2.19. The van der Waals surface area contributed by atoms with E-state index in [1.807, 2.05) is 0 Å². The van der Waals surface area contributed by atoms with Gasteiger partial charge in [-0.15, -0.1) is 0 Å². The molecular formula is C12H15N3O5. The molecule has 1 amide bonds. The summed E-state index contributed by atoms with van der Waals surface area (Å²) in [5, 5.41) is 25.0. The number of nitro groups is 1. The fourth-order valence-electron chi connectivity index (χ4n) is 1.58. The summed E-state index contributed by atoms with van der Waals surface area (Å²) in [6, 6.07) is 2.62. The van der Waals surface area contributed by atoms with Crippen molar-refractivity contribution < 1.29 is 19.6 Å². The molecular weight excluding hydrogens is 266 g/mol. The molecule has 1 aromatic rings. The predicted octanol–water partition coefficient (Wildman–Crippen LogP) is 1.23. The van der Waals surface area contributed by atoms with Gasteiger partial charge < -0.3 is 15.7 Å². The van der Waals surface area contributed by atoms with Gasteiger partial charge in [-0.3, -0.25) is 14.9 Å². The van der Waals surface area contributed by atoms with E-state index in [0.29, 0.717) is 6.54 Å². The van der Waals surface area contributed by atoms with Crippen LogP contribution in [0.25, 0.3) is 0 Å². The molecule has 1 atom stereocenters. The fourth-order valence-corrected chi connectivity index (χ4v) is 1.58. The molecule has 0 saturated carbocycles. The number of anilines is 1. The van der Waals surface area contributed by atoms with E-state index in [1.54, 1.807) is 6.92 Å². The average Bonchev–Trinajstić information content (AvgIpc) is 2.38. The molecule has 0 spiro atoms. The van der Waals surface area contributed by atoms with E-state index in [4.69, 9.17) is 5.11 Å². The van der Waals surface area contributed by atoms with Crippen LogP contribution in [0.2, 0.25) is 0 Å². The van der Waals surface area contributed by atoms with E-state index in [-0.39, 0.29) is 22.8 Å². The maximum absolute atomic E-state index is 11.6. The molecule has 0 bridgehead atoms. The predicted molar refractivity (Wildman–Crippen MR) is 71.8 cm³/mol. The number of amides is 1. The quantitative estimate of drug-likeness (QED) is 0.532. The SMILES string of the molecule is CCNC(=O)C(C)Nc1cc([N+](=O)[O-])ccc1C(=O)O. The van der Waals surface area contributed by atoms with Crippen molar-refractivity contribution in [1.82, 2.24) is 5.32 Å². The summed E-state index contributed by atoms with van der Waals surface area (Å²) in [4.78, 5) is 32.7. The largest absolute Gasteiger partial charge is 0.478 e. The molecule has 1 unspecified atom stereocenters. The van der Waals surface area contributed by atoms with E-state index >= 15 is 0 Å². The number of hydrogen-bond donors (Lipinski definition) is 3. The Kier molecular flexibility index (Phi) is 5.01. The highest BCUT2D eigenvalue weighted by atomic mass is 16.6. The molecule has 0 heterocycles. The maximum atomic E-state index is 11.6. The third-order valence-corrected chi connectivity index (χ3v) is 2.56. The molecule has 0 aromatic heterocycles. The van der Waals surface area contributed by atoms with Crippen molar-refractivity contribution in [3.8, 4) is 0 Å². The van der Waals surface area contributed by atoms with Crippen LogP contribution in [0.1, 0.15) is 24.2 Å². The molecule has 20 heavy (non-hydrogen) atoms. The van der Waals surface area contributed by atoms with Crippen LogP contribution in [0.4, 0.5) is 11.4 Å². The molecule has 1 rings (SSSR count). The number of nitrogens with one attached hydrogen (secondary N) is 2. The van der Waals surface area contributed by atoms with E-state index in [2.05, 4.69) is 10.6 Å². The summed E-state index contributed by atoms with van der Waals surface area (Å²) in [5.74, 6) is -1.55. The summed E-state index contributed by atoms with van der Waals surface area (Å²) in [6.07, 6.45) is 0. The second kappa shape index (κ2) is 6.50. The Balaban J connectivity index is 3.07. The number of nitrogens with zero attached hydrogens (tertiary/aromatic N) is 1. The van der Waals surface area contributed by atoms with Crippen molar-refractivity contribution in [3.05, 3.63) is 33.9 Å². The topological polar surface area (TPSA) is 122 Å². The minimum absolute atomic E-state index is 0.0328. The monoisotopic (exact) mass is 281 g/mol. The zero-order valence-corrected chi connectivity index (χ0v) is 11.0. The summed E-state index contributed by atoms with van der Waals surface area (Å²) < 4.78 is 0. The van der Waals surface area contributed by atoms with Gasteiger partial charge in [0.2, 0.25) is 5.91 Å². The van der Waals surface area contributed by atoms with Crippen molar-refractivity contribution in [2.75, 3.05) is 11.9 Å². The lowest BCUT2D eigenvalue weighted by Crippen LogP contribution is -2.37. The Morgan fingerprint density at radius 3 is 2.60 bits per heavy atom. The van der Waals surface area contributed by atoms with E-state index in [1.165, 1.54) is 6.92 Å². The van der Waals surface area contributed by atoms with Gasteiger partial charge in [-0.25, -0.2) is 4.79 Å². The third-order valence-electron chi connectivity index (χ3n) is 2.56. The summed E-state index contributed by atoms with van der Waals surface area (Å²) in [6.45, 7) is 3.72. The first-order valence-corrected chi connectivity index (χ1v) is 5.92. The number of non-ortho nitro benzene ring substituents is 1. The number of benzene rings is 1. The van der Waals surface area contributed by atoms with E-state index in [9.17, 15) is 19.7 Å². The molecule has 108 valence electrons. The van der Waals surface area contributed by atoms with Crippen LogP contribution in [-0.4, -0.2) is 34.5 Å². The summed E-state index contributed by atoms with van der Waals surface area (Å²) in [7, 11) is 0. The second-order valence-electron chi connectivity index (χ2n) is 4.05. The highest BCUT2D eigenvalue weighted by Crippen LogP contribution is 2.23. The zero-order chi connectivity index (χ0) is 15.3. The zero-order valence-electron chi connectivity index (χ0n) is 11.0. The first-order chi connectivity index (χ1) is 9.36. The second-order valence-corrected chi connectivity index (χ2v) is 4.05.